The number of hydrogen-bond donors (Lipinski definition) is 2. The van der Waals surface area contributed by atoms with Gasteiger partial charge in [0, 0.05) is 11.8 Å². The summed E-state index contributed by atoms with van der Waals surface area (Å²) in [4.78, 5) is 36.6. The summed E-state index contributed by atoms with van der Waals surface area (Å²) in [6, 6.07) is 1.44. The molecule has 1 unspecified atom stereocenters. The highest BCUT2D eigenvalue weighted by Gasteiger charge is 2.35. The van der Waals surface area contributed by atoms with Crippen molar-refractivity contribution in [3.05, 3.63) is 39.1 Å². The summed E-state index contributed by atoms with van der Waals surface area (Å²) >= 11 is 0. The van der Waals surface area contributed by atoms with Crippen LogP contribution < -0.4 is 20.1 Å². The Labute approximate surface area is 200 Å². The van der Waals surface area contributed by atoms with Crippen LogP contribution in [0.4, 0.5) is 10.5 Å². The van der Waals surface area contributed by atoms with Crippen molar-refractivity contribution in [3.63, 3.8) is 0 Å². The number of allylic oxidation sites excluding steroid dienone is 1. The number of nitrogens with one attached hydrogen (secondary N) is 2. The third-order valence-corrected chi connectivity index (χ3v) is 5.48. The van der Waals surface area contributed by atoms with Crippen LogP contribution in [0.3, 0.4) is 0 Å². The van der Waals surface area contributed by atoms with Crippen LogP contribution in [0.2, 0.25) is 0 Å². The third kappa shape index (κ3) is 6.85. The fourth-order valence-corrected chi connectivity index (χ4v) is 3.78. The number of benzene rings is 1. The molecule has 1 aromatic carbocycles. The lowest BCUT2D eigenvalue weighted by atomic mass is 9.92. The Morgan fingerprint density at radius 1 is 1.12 bits per heavy atom. The summed E-state index contributed by atoms with van der Waals surface area (Å²) < 4.78 is 16.4. The van der Waals surface area contributed by atoms with Gasteiger partial charge in [0.25, 0.3) is 0 Å². The Bertz CT molecular complexity index is 914. The smallest absolute Gasteiger partial charge is 0.338 e. The Kier molecular flexibility index (Phi) is 10.6. The van der Waals surface area contributed by atoms with E-state index in [2.05, 4.69) is 17.6 Å². The van der Waals surface area contributed by atoms with Crippen molar-refractivity contribution in [1.82, 2.24) is 10.6 Å². The van der Waals surface area contributed by atoms with Gasteiger partial charge in [-0.3, -0.25) is 10.1 Å². The lowest BCUT2D eigenvalue weighted by Crippen LogP contribution is -2.46. The molecule has 2 amide bonds. The molecule has 0 aliphatic carbocycles. The van der Waals surface area contributed by atoms with Crippen LogP contribution in [0.1, 0.15) is 77.3 Å². The number of carbonyl (C=O) groups excluding carboxylic acids is 2. The quantitative estimate of drug-likeness (QED) is 0.168. The average molecular weight is 478 g/mol. The predicted octanol–water partition coefficient (Wildman–Crippen LogP) is 4.92. The van der Waals surface area contributed by atoms with E-state index in [1.165, 1.54) is 13.2 Å². The molecule has 10 nitrogen and oxygen atoms in total. The standard InChI is InChI=1S/C24H35N3O7/c1-5-8-10-11-13-34-22-18(27(30)31)14-16(15-19(22)32-4)21-20(23(28)33-7-3)17(12-9-6-2)25-24(29)26-21/h14-15,21H,5-13H2,1-4H3,(H2,25,26,29). The van der Waals surface area contributed by atoms with Gasteiger partial charge in [0.2, 0.25) is 5.75 Å². The minimum absolute atomic E-state index is 0.0286. The maximum absolute atomic E-state index is 12.9. The van der Waals surface area contributed by atoms with Crippen LogP contribution in [-0.2, 0) is 9.53 Å². The Balaban J connectivity index is 2.53. The van der Waals surface area contributed by atoms with E-state index in [0.29, 0.717) is 24.3 Å². The van der Waals surface area contributed by atoms with Crippen molar-refractivity contribution < 1.29 is 28.7 Å². The molecule has 0 fully saturated rings. The molecular weight excluding hydrogens is 442 g/mol. The molecule has 0 aromatic heterocycles. The van der Waals surface area contributed by atoms with Gasteiger partial charge < -0.3 is 24.8 Å². The lowest BCUT2D eigenvalue weighted by Gasteiger charge is -2.29. The van der Waals surface area contributed by atoms with Gasteiger partial charge in [0.15, 0.2) is 5.75 Å². The maximum Gasteiger partial charge on any atom is 0.338 e. The minimum atomic E-state index is -0.939. The molecule has 0 radical (unpaired) electrons. The second kappa shape index (κ2) is 13.4. The molecule has 188 valence electrons. The highest BCUT2D eigenvalue weighted by atomic mass is 16.6. The zero-order valence-electron chi connectivity index (χ0n) is 20.4. The van der Waals surface area contributed by atoms with E-state index in [1.54, 1.807) is 13.0 Å². The Morgan fingerprint density at radius 2 is 1.85 bits per heavy atom. The summed E-state index contributed by atoms with van der Waals surface area (Å²) in [5, 5.41) is 17.3. The van der Waals surface area contributed by atoms with Crippen molar-refractivity contribution in [3.8, 4) is 11.5 Å². The van der Waals surface area contributed by atoms with Gasteiger partial charge in [-0.15, -0.1) is 0 Å². The van der Waals surface area contributed by atoms with Crippen molar-refractivity contribution >= 4 is 17.7 Å². The first-order valence-electron chi connectivity index (χ1n) is 11.8. The van der Waals surface area contributed by atoms with Gasteiger partial charge >= 0.3 is 17.7 Å². The van der Waals surface area contributed by atoms with Gasteiger partial charge in [0.1, 0.15) is 0 Å². The van der Waals surface area contributed by atoms with Gasteiger partial charge in [-0.25, -0.2) is 9.59 Å². The number of hydrogen-bond acceptors (Lipinski definition) is 7. The number of methoxy groups -OCH3 is 1. The van der Waals surface area contributed by atoms with E-state index in [4.69, 9.17) is 14.2 Å². The number of rotatable bonds is 14. The second-order valence-corrected chi connectivity index (χ2v) is 7.99. The first-order chi connectivity index (χ1) is 16.4. The number of nitrogens with zero attached hydrogens (tertiary/aromatic N) is 1. The number of carbonyl (C=O) groups is 2. The highest BCUT2D eigenvalue weighted by molar-refractivity contribution is 5.95. The van der Waals surface area contributed by atoms with Crippen molar-refractivity contribution in [2.24, 2.45) is 0 Å². The number of nitro benzene ring substituents is 1. The van der Waals surface area contributed by atoms with Crippen molar-refractivity contribution in [2.75, 3.05) is 20.3 Å². The van der Waals surface area contributed by atoms with Crippen LogP contribution in [0, 0.1) is 10.1 Å². The molecule has 1 atom stereocenters. The first-order valence-corrected chi connectivity index (χ1v) is 11.8. The Morgan fingerprint density at radius 3 is 2.47 bits per heavy atom. The second-order valence-electron chi connectivity index (χ2n) is 7.99. The monoisotopic (exact) mass is 477 g/mol. The summed E-state index contributed by atoms with van der Waals surface area (Å²) in [7, 11) is 1.39. The molecule has 0 saturated carbocycles. The number of amides is 2. The van der Waals surface area contributed by atoms with Crippen LogP contribution in [0.5, 0.6) is 11.5 Å². The number of unbranched alkanes of at least 4 members (excludes halogenated alkanes) is 4. The number of ether oxygens (including phenoxy) is 3. The van der Waals surface area contributed by atoms with E-state index >= 15 is 0 Å². The van der Waals surface area contributed by atoms with Crippen molar-refractivity contribution in [1.29, 1.82) is 0 Å². The van der Waals surface area contributed by atoms with Gasteiger partial charge in [-0.05, 0) is 37.8 Å². The van der Waals surface area contributed by atoms with Crippen LogP contribution in [0.15, 0.2) is 23.4 Å². The zero-order valence-corrected chi connectivity index (χ0v) is 20.4. The Hall–Kier alpha value is -3.30. The maximum atomic E-state index is 12.9. The molecule has 1 aliphatic heterocycles. The summed E-state index contributed by atoms with van der Waals surface area (Å²) in [6.45, 7) is 6.25. The van der Waals surface area contributed by atoms with Gasteiger partial charge in [-0.2, -0.15) is 0 Å². The van der Waals surface area contributed by atoms with E-state index in [0.717, 1.165) is 38.5 Å². The van der Waals surface area contributed by atoms with E-state index < -0.39 is 23.0 Å². The number of esters is 1. The average Bonchev–Trinajstić information content (AvgIpc) is 2.81. The molecular formula is C24H35N3O7. The van der Waals surface area contributed by atoms with E-state index in [1.807, 2.05) is 6.92 Å². The predicted molar refractivity (Wildman–Crippen MR) is 127 cm³/mol. The van der Waals surface area contributed by atoms with Crippen molar-refractivity contribution in [2.45, 2.75) is 71.8 Å². The molecule has 10 heteroatoms. The minimum Gasteiger partial charge on any atom is -0.493 e. The summed E-state index contributed by atoms with van der Waals surface area (Å²) in [5.41, 5.74) is 0.705. The number of urea groups is 1. The van der Waals surface area contributed by atoms with Gasteiger partial charge in [0.05, 0.1) is 36.9 Å². The SMILES string of the molecule is CCCCCCOc1c(OC)cc(C2NC(=O)NC(CCCC)=C2C(=O)OCC)cc1[N+](=O)[O-]. The molecule has 2 N–H and O–H groups in total. The van der Waals surface area contributed by atoms with Crippen LogP contribution in [0.25, 0.3) is 0 Å². The van der Waals surface area contributed by atoms with Gasteiger partial charge in [-0.1, -0.05) is 39.5 Å². The zero-order chi connectivity index (χ0) is 25.1. The molecule has 0 spiro atoms. The fourth-order valence-electron chi connectivity index (χ4n) is 3.78. The topological polar surface area (TPSA) is 129 Å². The summed E-state index contributed by atoms with van der Waals surface area (Å²) in [6.07, 6.45) is 5.91. The molecule has 0 saturated heterocycles. The molecule has 1 aliphatic rings. The number of nitro groups is 1. The highest BCUT2D eigenvalue weighted by Crippen LogP contribution is 2.42. The van der Waals surface area contributed by atoms with E-state index in [-0.39, 0.29) is 29.4 Å². The molecule has 1 heterocycles. The molecule has 1 aromatic rings. The molecule has 0 bridgehead atoms. The molecule has 2 rings (SSSR count). The molecule has 34 heavy (non-hydrogen) atoms. The fraction of sp³-hybridized carbons (Fsp3) is 0.583. The van der Waals surface area contributed by atoms with Crippen LogP contribution >= 0.6 is 0 Å². The summed E-state index contributed by atoms with van der Waals surface area (Å²) in [5.74, 6) is -0.407. The first kappa shape index (κ1) is 26.9. The normalized spacial score (nSPS) is 15.4. The third-order valence-electron chi connectivity index (χ3n) is 5.48. The largest absolute Gasteiger partial charge is 0.493 e. The lowest BCUT2D eigenvalue weighted by molar-refractivity contribution is -0.386. The van der Waals surface area contributed by atoms with Crippen LogP contribution in [-0.4, -0.2) is 37.2 Å². The van der Waals surface area contributed by atoms with E-state index in [9.17, 15) is 19.7 Å².